The Morgan fingerprint density at radius 2 is 1.51 bits per heavy atom. The minimum Gasteiger partial charge on any atom is -0.481 e. The molecule has 1 saturated heterocycles. The predicted molar refractivity (Wildman–Crippen MR) is 157 cm³/mol. The minimum absolute atomic E-state index is 0.0942. The lowest BCUT2D eigenvalue weighted by Crippen LogP contribution is -2.49. The largest absolute Gasteiger partial charge is 0.481 e. The summed E-state index contributed by atoms with van der Waals surface area (Å²) in [6.07, 6.45) is 1.08. The molecule has 7 nitrogen and oxygen atoms in total. The third-order valence-corrected chi connectivity index (χ3v) is 8.63. The second-order valence-electron chi connectivity index (χ2n) is 10.9. The number of likely N-dealkylation sites (tertiary alicyclic amines) is 1. The first-order valence-corrected chi connectivity index (χ1v) is 13.9. The van der Waals surface area contributed by atoms with Crippen LogP contribution < -0.4 is 5.63 Å². The molecule has 1 aliphatic rings. The van der Waals surface area contributed by atoms with Gasteiger partial charge in [-0.1, -0.05) is 60.7 Å². The number of rotatable bonds is 6. The summed E-state index contributed by atoms with van der Waals surface area (Å²) in [5.41, 5.74) is 3.73. The number of amides is 1. The van der Waals surface area contributed by atoms with Crippen molar-refractivity contribution in [2.75, 3.05) is 13.1 Å². The third-order valence-electron chi connectivity index (χ3n) is 8.63. The summed E-state index contributed by atoms with van der Waals surface area (Å²) in [6.45, 7) is 4.52. The van der Waals surface area contributed by atoms with Gasteiger partial charge < -0.3 is 18.8 Å². The molecule has 1 fully saturated rings. The van der Waals surface area contributed by atoms with Crippen LogP contribution in [0, 0.1) is 13.8 Å². The molecule has 0 spiro atoms. The van der Waals surface area contributed by atoms with Crippen molar-refractivity contribution >= 4 is 33.8 Å². The van der Waals surface area contributed by atoms with Crippen LogP contribution in [0.2, 0.25) is 0 Å². The molecule has 0 aliphatic carbocycles. The number of aliphatic carboxylic acids is 1. The number of piperidine rings is 1. The number of carboxylic acids is 1. The lowest BCUT2D eigenvalue weighted by molar-refractivity contribution is -0.148. The molecule has 5 aromatic rings. The van der Waals surface area contributed by atoms with Crippen molar-refractivity contribution in [1.82, 2.24) is 4.90 Å². The van der Waals surface area contributed by atoms with Crippen LogP contribution in [0.1, 0.15) is 41.7 Å². The molecular formula is C34H31NO6. The van der Waals surface area contributed by atoms with Crippen molar-refractivity contribution in [3.8, 4) is 11.1 Å². The van der Waals surface area contributed by atoms with Crippen molar-refractivity contribution in [2.45, 2.75) is 44.9 Å². The molecule has 1 aliphatic heterocycles. The average molecular weight is 550 g/mol. The molecule has 1 N–H and O–H groups in total. The summed E-state index contributed by atoms with van der Waals surface area (Å²) in [7, 11) is 0. The molecule has 7 heteroatoms. The Morgan fingerprint density at radius 3 is 2.17 bits per heavy atom. The van der Waals surface area contributed by atoms with E-state index in [0.29, 0.717) is 42.7 Å². The lowest BCUT2D eigenvalue weighted by Gasteiger charge is -2.39. The van der Waals surface area contributed by atoms with Gasteiger partial charge in [0, 0.05) is 47.5 Å². The number of fused-ring (bicyclic) bond motifs is 2. The average Bonchev–Trinajstić information content (AvgIpc) is 3.31. The van der Waals surface area contributed by atoms with Crippen LogP contribution in [-0.4, -0.2) is 35.0 Å². The van der Waals surface area contributed by atoms with Gasteiger partial charge in [-0.15, -0.1) is 0 Å². The van der Waals surface area contributed by atoms with Gasteiger partial charge in [0.15, 0.2) is 0 Å². The first-order chi connectivity index (χ1) is 19.8. The van der Waals surface area contributed by atoms with Gasteiger partial charge in [-0.25, -0.2) is 4.79 Å². The smallest absolute Gasteiger partial charge is 0.339 e. The van der Waals surface area contributed by atoms with E-state index < -0.39 is 17.0 Å². The van der Waals surface area contributed by atoms with Crippen LogP contribution in [0.3, 0.4) is 0 Å². The SMILES string of the molecule is Cc1oc2cc3oc(=O)c(CCC(=O)N4CCC(C(=O)O)(c5ccccc5)CC4)c(C)c3cc2c1-c1ccccc1. The van der Waals surface area contributed by atoms with E-state index in [1.54, 1.807) is 11.0 Å². The Kier molecular flexibility index (Phi) is 6.73. The number of hydrogen-bond acceptors (Lipinski definition) is 5. The number of carboxylic acid groups (broad SMARTS) is 1. The molecule has 3 heterocycles. The monoisotopic (exact) mass is 549 g/mol. The van der Waals surface area contributed by atoms with Gasteiger partial charge >= 0.3 is 11.6 Å². The Balaban J connectivity index is 1.24. The number of nitrogens with zero attached hydrogens (tertiary/aromatic N) is 1. The lowest BCUT2D eigenvalue weighted by atomic mass is 9.73. The van der Waals surface area contributed by atoms with Crippen molar-refractivity contribution in [2.24, 2.45) is 0 Å². The number of benzene rings is 3. The maximum atomic E-state index is 13.2. The number of carbonyl (C=O) groups is 2. The molecular weight excluding hydrogens is 518 g/mol. The molecule has 6 rings (SSSR count). The van der Waals surface area contributed by atoms with Gasteiger partial charge in [0.1, 0.15) is 16.9 Å². The summed E-state index contributed by atoms with van der Waals surface area (Å²) >= 11 is 0. The van der Waals surface area contributed by atoms with Gasteiger partial charge in [0.25, 0.3) is 0 Å². The van der Waals surface area contributed by atoms with E-state index in [2.05, 4.69) is 0 Å². The number of aryl methyl sites for hydroxylation is 2. The zero-order valence-corrected chi connectivity index (χ0v) is 23.1. The van der Waals surface area contributed by atoms with E-state index in [9.17, 15) is 19.5 Å². The normalized spacial score (nSPS) is 14.9. The van der Waals surface area contributed by atoms with E-state index in [4.69, 9.17) is 8.83 Å². The van der Waals surface area contributed by atoms with Crippen LogP contribution in [0.15, 0.2) is 86.4 Å². The molecule has 0 unspecified atom stereocenters. The Morgan fingerprint density at radius 1 is 0.878 bits per heavy atom. The second kappa shape index (κ2) is 10.4. The highest BCUT2D eigenvalue weighted by Crippen LogP contribution is 2.38. The topological polar surface area (TPSA) is 101 Å². The summed E-state index contributed by atoms with van der Waals surface area (Å²) in [6, 6.07) is 23.0. The molecule has 3 aromatic carbocycles. The fourth-order valence-electron chi connectivity index (χ4n) is 6.27. The van der Waals surface area contributed by atoms with E-state index in [0.717, 1.165) is 38.8 Å². The highest BCUT2D eigenvalue weighted by atomic mass is 16.4. The van der Waals surface area contributed by atoms with Gasteiger partial charge in [0.05, 0.1) is 5.41 Å². The maximum absolute atomic E-state index is 13.2. The van der Waals surface area contributed by atoms with Crippen LogP contribution in [0.5, 0.6) is 0 Å². The fourth-order valence-corrected chi connectivity index (χ4v) is 6.27. The third kappa shape index (κ3) is 4.61. The Labute approximate surface area is 237 Å². The highest BCUT2D eigenvalue weighted by molar-refractivity contribution is 6.03. The molecule has 0 atom stereocenters. The van der Waals surface area contributed by atoms with Crippen LogP contribution >= 0.6 is 0 Å². The summed E-state index contributed by atoms with van der Waals surface area (Å²) in [5, 5.41) is 11.8. The summed E-state index contributed by atoms with van der Waals surface area (Å²) in [4.78, 5) is 40.2. The van der Waals surface area contributed by atoms with Crippen LogP contribution in [0.25, 0.3) is 33.1 Å². The molecule has 0 radical (unpaired) electrons. The zero-order valence-electron chi connectivity index (χ0n) is 23.1. The van der Waals surface area contributed by atoms with Crippen molar-refractivity contribution in [1.29, 1.82) is 0 Å². The minimum atomic E-state index is -0.997. The van der Waals surface area contributed by atoms with Crippen molar-refractivity contribution in [3.05, 3.63) is 106 Å². The molecule has 2 aromatic heterocycles. The zero-order chi connectivity index (χ0) is 28.7. The van der Waals surface area contributed by atoms with E-state index in [-0.39, 0.29) is 18.7 Å². The quantitative estimate of drug-likeness (QED) is 0.246. The van der Waals surface area contributed by atoms with Crippen molar-refractivity contribution in [3.63, 3.8) is 0 Å². The van der Waals surface area contributed by atoms with Gasteiger partial charge in [-0.05, 0) is 55.9 Å². The predicted octanol–water partition coefficient (Wildman–Crippen LogP) is 6.40. The van der Waals surface area contributed by atoms with E-state index >= 15 is 0 Å². The summed E-state index contributed by atoms with van der Waals surface area (Å²) in [5.74, 6) is -0.172. The van der Waals surface area contributed by atoms with Gasteiger partial charge in [-0.3, -0.25) is 9.59 Å². The second-order valence-corrected chi connectivity index (χ2v) is 10.9. The molecule has 0 saturated carbocycles. The molecule has 1 amide bonds. The van der Waals surface area contributed by atoms with Gasteiger partial charge in [-0.2, -0.15) is 0 Å². The number of furan rings is 1. The Bertz CT molecular complexity index is 1830. The molecule has 208 valence electrons. The van der Waals surface area contributed by atoms with E-state index in [1.165, 1.54) is 0 Å². The van der Waals surface area contributed by atoms with Gasteiger partial charge in [0.2, 0.25) is 5.91 Å². The number of carbonyl (C=O) groups excluding carboxylic acids is 1. The first-order valence-electron chi connectivity index (χ1n) is 13.9. The number of hydrogen-bond donors (Lipinski definition) is 1. The Hall–Kier alpha value is -4.65. The standard InChI is InChI=1S/C34H31NO6/c1-21-25(13-14-30(36)35-17-15-34(16-18-35,33(38)39)24-11-7-4-8-12-24)32(37)41-28-20-29-27(19-26(21)28)31(22(2)40-29)23-9-5-3-6-10-23/h3-12,19-20H,13-18H2,1-2H3,(H,38,39). The van der Waals surface area contributed by atoms with Crippen LogP contribution in [0.4, 0.5) is 0 Å². The van der Waals surface area contributed by atoms with Crippen LogP contribution in [-0.2, 0) is 21.4 Å². The van der Waals surface area contributed by atoms with E-state index in [1.807, 2.05) is 80.6 Å². The fraction of sp³-hybridized carbons (Fsp3) is 0.265. The highest BCUT2D eigenvalue weighted by Gasteiger charge is 2.43. The van der Waals surface area contributed by atoms with Crippen molar-refractivity contribution < 1.29 is 23.5 Å². The summed E-state index contributed by atoms with van der Waals surface area (Å²) < 4.78 is 11.7. The molecule has 0 bridgehead atoms. The maximum Gasteiger partial charge on any atom is 0.339 e. The molecule has 41 heavy (non-hydrogen) atoms. The first kappa shape index (κ1) is 26.6.